The first-order valence-corrected chi connectivity index (χ1v) is 6.87. The van der Waals surface area contributed by atoms with E-state index < -0.39 is 11.9 Å². The van der Waals surface area contributed by atoms with Crippen LogP contribution in [0.2, 0.25) is 0 Å². The number of carbonyl (C=O) groups is 2. The number of benzene rings is 1. The molecular formula is C15H17NO4. The molecule has 1 aromatic carbocycles. The highest BCUT2D eigenvalue weighted by Gasteiger charge is 2.29. The summed E-state index contributed by atoms with van der Waals surface area (Å²) in [7, 11) is 0. The van der Waals surface area contributed by atoms with Crippen LogP contribution in [0.4, 0.5) is 0 Å². The van der Waals surface area contributed by atoms with Crippen molar-refractivity contribution in [3.63, 3.8) is 0 Å². The molecule has 106 valence electrons. The van der Waals surface area contributed by atoms with Crippen molar-refractivity contribution in [2.24, 2.45) is 5.92 Å². The van der Waals surface area contributed by atoms with Gasteiger partial charge in [-0.15, -0.1) is 0 Å². The van der Waals surface area contributed by atoms with Gasteiger partial charge < -0.3 is 14.7 Å². The summed E-state index contributed by atoms with van der Waals surface area (Å²) in [6.45, 7) is 2.10. The van der Waals surface area contributed by atoms with E-state index >= 15 is 0 Å². The molecule has 1 amide bonds. The van der Waals surface area contributed by atoms with E-state index in [1.807, 2.05) is 12.1 Å². The van der Waals surface area contributed by atoms with Crippen molar-refractivity contribution in [1.82, 2.24) is 4.90 Å². The molecule has 0 spiro atoms. The SMILES string of the molecule is O=C(O)[C@@H]1CCCN(C(=O)c2ccc3c(c2)COC3)C1. The normalized spacial score (nSPS) is 21.6. The molecule has 3 rings (SSSR count). The van der Waals surface area contributed by atoms with Gasteiger partial charge in [-0.3, -0.25) is 9.59 Å². The van der Waals surface area contributed by atoms with Crippen LogP contribution in [0, 0.1) is 5.92 Å². The number of ether oxygens (including phenoxy) is 1. The molecule has 5 nitrogen and oxygen atoms in total. The molecule has 1 saturated heterocycles. The summed E-state index contributed by atoms with van der Waals surface area (Å²) < 4.78 is 5.34. The summed E-state index contributed by atoms with van der Waals surface area (Å²) in [4.78, 5) is 25.2. The van der Waals surface area contributed by atoms with Gasteiger partial charge in [0.15, 0.2) is 0 Å². The molecule has 0 aliphatic carbocycles. The maximum atomic E-state index is 12.5. The lowest BCUT2D eigenvalue weighted by atomic mass is 9.97. The van der Waals surface area contributed by atoms with E-state index in [0.29, 0.717) is 38.3 Å². The molecule has 1 fully saturated rings. The number of amides is 1. The average molecular weight is 275 g/mol. The quantitative estimate of drug-likeness (QED) is 0.891. The van der Waals surface area contributed by atoms with E-state index in [9.17, 15) is 9.59 Å². The van der Waals surface area contributed by atoms with Crippen LogP contribution in [0.5, 0.6) is 0 Å². The van der Waals surface area contributed by atoms with Gasteiger partial charge in [0.1, 0.15) is 0 Å². The molecule has 1 atom stereocenters. The Morgan fingerprint density at radius 1 is 1.25 bits per heavy atom. The smallest absolute Gasteiger partial charge is 0.308 e. The fourth-order valence-electron chi connectivity index (χ4n) is 2.85. The van der Waals surface area contributed by atoms with E-state index in [2.05, 4.69) is 0 Å². The Kier molecular flexibility index (Phi) is 3.44. The van der Waals surface area contributed by atoms with Crippen LogP contribution < -0.4 is 0 Å². The lowest BCUT2D eigenvalue weighted by Crippen LogP contribution is -2.42. The minimum atomic E-state index is -0.815. The first-order valence-electron chi connectivity index (χ1n) is 6.87. The van der Waals surface area contributed by atoms with Crippen molar-refractivity contribution in [3.8, 4) is 0 Å². The minimum Gasteiger partial charge on any atom is -0.481 e. The molecule has 5 heteroatoms. The zero-order valence-corrected chi connectivity index (χ0v) is 11.2. The third-order valence-electron chi connectivity index (χ3n) is 4.03. The number of carbonyl (C=O) groups excluding carboxylic acids is 1. The number of rotatable bonds is 2. The Hall–Kier alpha value is -1.88. The lowest BCUT2D eigenvalue weighted by molar-refractivity contribution is -0.143. The van der Waals surface area contributed by atoms with E-state index in [1.165, 1.54) is 0 Å². The average Bonchev–Trinajstić information content (AvgIpc) is 2.94. The van der Waals surface area contributed by atoms with Crippen molar-refractivity contribution in [1.29, 1.82) is 0 Å². The van der Waals surface area contributed by atoms with Gasteiger partial charge in [0.25, 0.3) is 5.91 Å². The highest BCUT2D eigenvalue weighted by atomic mass is 16.5. The molecule has 0 aromatic heterocycles. The number of aliphatic carboxylic acids is 1. The van der Waals surface area contributed by atoms with Crippen LogP contribution in [-0.2, 0) is 22.7 Å². The molecule has 2 aliphatic rings. The lowest BCUT2D eigenvalue weighted by Gasteiger charge is -2.30. The van der Waals surface area contributed by atoms with E-state index in [4.69, 9.17) is 9.84 Å². The van der Waals surface area contributed by atoms with E-state index in [0.717, 1.165) is 17.5 Å². The van der Waals surface area contributed by atoms with Crippen LogP contribution in [0.15, 0.2) is 18.2 Å². The number of fused-ring (bicyclic) bond motifs is 1. The fourth-order valence-corrected chi connectivity index (χ4v) is 2.85. The molecule has 2 heterocycles. The maximum absolute atomic E-state index is 12.5. The molecule has 1 aromatic rings. The van der Waals surface area contributed by atoms with Gasteiger partial charge in [-0.1, -0.05) is 6.07 Å². The summed E-state index contributed by atoms with van der Waals surface area (Å²) in [6.07, 6.45) is 1.40. The second-order valence-electron chi connectivity index (χ2n) is 5.40. The first-order chi connectivity index (χ1) is 9.65. The Morgan fingerprint density at radius 3 is 2.85 bits per heavy atom. The van der Waals surface area contributed by atoms with Gasteiger partial charge in [0.05, 0.1) is 19.1 Å². The van der Waals surface area contributed by atoms with Crippen molar-refractivity contribution >= 4 is 11.9 Å². The second-order valence-corrected chi connectivity index (χ2v) is 5.40. The Labute approximate surface area is 117 Å². The number of piperidine rings is 1. The van der Waals surface area contributed by atoms with Gasteiger partial charge in [-0.25, -0.2) is 0 Å². The first kappa shape index (κ1) is 13.1. The number of likely N-dealkylation sites (tertiary alicyclic amines) is 1. The third kappa shape index (κ3) is 2.41. The molecule has 0 saturated carbocycles. The summed E-state index contributed by atoms with van der Waals surface area (Å²) in [5.41, 5.74) is 2.81. The van der Waals surface area contributed by atoms with Crippen molar-refractivity contribution in [3.05, 3.63) is 34.9 Å². The highest BCUT2D eigenvalue weighted by molar-refractivity contribution is 5.95. The molecule has 0 bridgehead atoms. The standard InChI is InChI=1S/C15H17NO4/c17-14(16-5-1-2-11(7-16)15(18)19)10-3-4-12-8-20-9-13(12)6-10/h3-4,6,11H,1-2,5,7-9H2,(H,18,19)/t11-/m1/s1. The largest absolute Gasteiger partial charge is 0.481 e. The molecule has 0 radical (unpaired) electrons. The zero-order valence-electron chi connectivity index (χ0n) is 11.2. The zero-order chi connectivity index (χ0) is 14.1. The molecule has 0 unspecified atom stereocenters. The topological polar surface area (TPSA) is 66.8 Å². The second kappa shape index (κ2) is 5.25. The van der Waals surface area contributed by atoms with Crippen molar-refractivity contribution in [2.45, 2.75) is 26.1 Å². The van der Waals surface area contributed by atoms with E-state index in [1.54, 1.807) is 11.0 Å². The Bertz CT molecular complexity index is 555. The molecule has 20 heavy (non-hydrogen) atoms. The van der Waals surface area contributed by atoms with Crippen LogP contribution in [0.3, 0.4) is 0 Å². The summed E-state index contributed by atoms with van der Waals surface area (Å²) in [6, 6.07) is 5.60. The molecule has 1 N–H and O–H groups in total. The van der Waals surface area contributed by atoms with Crippen molar-refractivity contribution < 1.29 is 19.4 Å². The van der Waals surface area contributed by atoms with Gasteiger partial charge in [0.2, 0.25) is 0 Å². The van der Waals surface area contributed by atoms with Crippen LogP contribution in [0.25, 0.3) is 0 Å². The molecular weight excluding hydrogens is 258 g/mol. The summed E-state index contributed by atoms with van der Waals surface area (Å²) in [5.74, 6) is -1.33. The van der Waals surface area contributed by atoms with Gasteiger partial charge in [-0.2, -0.15) is 0 Å². The van der Waals surface area contributed by atoms with Crippen LogP contribution in [-0.4, -0.2) is 35.0 Å². The predicted molar refractivity (Wildman–Crippen MR) is 71.2 cm³/mol. The number of hydrogen-bond acceptors (Lipinski definition) is 3. The number of carboxylic acid groups (broad SMARTS) is 1. The monoisotopic (exact) mass is 275 g/mol. The Morgan fingerprint density at radius 2 is 2.05 bits per heavy atom. The number of carboxylic acids is 1. The molecule has 2 aliphatic heterocycles. The van der Waals surface area contributed by atoms with Crippen LogP contribution >= 0.6 is 0 Å². The van der Waals surface area contributed by atoms with Gasteiger partial charge >= 0.3 is 5.97 Å². The maximum Gasteiger partial charge on any atom is 0.308 e. The fraction of sp³-hybridized carbons (Fsp3) is 0.467. The highest BCUT2D eigenvalue weighted by Crippen LogP contribution is 2.23. The van der Waals surface area contributed by atoms with Gasteiger partial charge in [-0.05, 0) is 36.1 Å². The Balaban J connectivity index is 1.76. The third-order valence-corrected chi connectivity index (χ3v) is 4.03. The van der Waals surface area contributed by atoms with Crippen molar-refractivity contribution in [2.75, 3.05) is 13.1 Å². The van der Waals surface area contributed by atoms with E-state index in [-0.39, 0.29) is 5.91 Å². The summed E-state index contributed by atoms with van der Waals surface area (Å²) >= 11 is 0. The minimum absolute atomic E-state index is 0.0781. The van der Waals surface area contributed by atoms with Gasteiger partial charge in [0, 0.05) is 18.7 Å². The number of hydrogen-bond donors (Lipinski definition) is 1. The number of nitrogens with zero attached hydrogens (tertiary/aromatic N) is 1. The predicted octanol–water partition coefficient (Wildman–Crippen LogP) is 1.65. The summed E-state index contributed by atoms with van der Waals surface area (Å²) in [5, 5.41) is 9.08. The van der Waals surface area contributed by atoms with Crippen LogP contribution in [0.1, 0.15) is 34.3 Å².